The van der Waals surface area contributed by atoms with Crippen LogP contribution in [0.3, 0.4) is 0 Å². The standard InChI is InChI=1S/C19H22N2O5S/c1-4-13(2)21-27(24,25)18-11-7-16(8-12-18)20-19(23)15-5-9-17(10-6-15)26-14(3)22/h5-13,21H,4H2,1-3H3,(H,20,23). The maximum atomic E-state index is 12.3. The van der Waals surface area contributed by atoms with Crippen molar-refractivity contribution in [2.45, 2.75) is 38.1 Å². The summed E-state index contributed by atoms with van der Waals surface area (Å²) in [6.45, 7) is 4.98. The molecule has 0 aliphatic carbocycles. The Bertz CT molecular complexity index is 906. The Hall–Kier alpha value is -2.71. The number of anilines is 1. The van der Waals surface area contributed by atoms with Crippen LogP contribution in [0.2, 0.25) is 0 Å². The number of amides is 1. The van der Waals surface area contributed by atoms with Gasteiger partial charge in [-0.25, -0.2) is 13.1 Å². The molecular formula is C19H22N2O5S. The zero-order valence-electron chi connectivity index (χ0n) is 15.4. The summed E-state index contributed by atoms with van der Waals surface area (Å²) in [5.41, 5.74) is 0.840. The highest BCUT2D eigenvalue weighted by atomic mass is 32.2. The molecule has 0 saturated heterocycles. The minimum Gasteiger partial charge on any atom is -0.427 e. The molecule has 0 fully saturated rings. The lowest BCUT2D eigenvalue weighted by atomic mass is 10.2. The molecular weight excluding hydrogens is 368 g/mol. The van der Waals surface area contributed by atoms with Gasteiger partial charge in [0.05, 0.1) is 4.90 Å². The van der Waals surface area contributed by atoms with Crippen LogP contribution in [0.25, 0.3) is 0 Å². The smallest absolute Gasteiger partial charge is 0.308 e. The molecule has 0 aliphatic rings. The van der Waals surface area contributed by atoms with Crippen molar-refractivity contribution in [2.75, 3.05) is 5.32 Å². The molecule has 2 aromatic rings. The number of esters is 1. The van der Waals surface area contributed by atoms with Gasteiger partial charge in [-0.1, -0.05) is 6.92 Å². The summed E-state index contributed by atoms with van der Waals surface area (Å²) < 4.78 is 32.0. The predicted octanol–water partition coefficient (Wildman–Crippen LogP) is 2.94. The Morgan fingerprint density at radius 2 is 1.63 bits per heavy atom. The number of hydrogen-bond acceptors (Lipinski definition) is 5. The van der Waals surface area contributed by atoms with Crippen molar-refractivity contribution in [1.82, 2.24) is 4.72 Å². The Morgan fingerprint density at radius 1 is 1.04 bits per heavy atom. The summed E-state index contributed by atoms with van der Waals surface area (Å²) >= 11 is 0. The third-order valence-electron chi connectivity index (χ3n) is 3.77. The fourth-order valence-electron chi connectivity index (χ4n) is 2.18. The van der Waals surface area contributed by atoms with Crippen molar-refractivity contribution in [3.8, 4) is 5.75 Å². The molecule has 1 unspecified atom stereocenters. The number of nitrogens with one attached hydrogen (secondary N) is 2. The van der Waals surface area contributed by atoms with Crippen molar-refractivity contribution in [1.29, 1.82) is 0 Å². The second-order valence-corrected chi connectivity index (χ2v) is 7.74. The third-order valence-corrected chi connectivity index (χ3v) is 5.37. The lowest BCUT2D eigenvalue weighted by molar-refractivity contribution is -0.131. The van der Waals surface area contributed by atoms with Crippen LogP contribution >= 0.6 is 0 Å². The van der Waals surface area contributed by atoms with E-state index in [1.807, 2.05) is 6.92 Å². The van der Waals surface area contributed by atoms with Gasteiger partial charge >= 0.3 is 5.97 Å². The Balaban J connectivity index is 2.05. The highest BCUT2D eigenvalue weighted by molar-refractivity contribution is 7.89. The van der Waals surface area contributed by atoms with Crippen LogP contribution < -0.4 is 14.8 Å². The molecule has 27 heavy (non-hydrogen) atoms. The third kappa shape index (κ3) is 5.90. The second-order valence-electron chi connectivity index (χ2n) is 6.03. The molecule has 1 amide bonds. The van der Waals surface area contributed by atoms with Crippen LogP contribution in [-0.2, 0) is 14.8 Å². The van der Waals surface area contributed by atoms with Crippen LogP contribution in [0, 0.1) is 0 Å². The molecule has 0 saturated carbocycles. The van der Waals surface area contributed by atoms with Crippen molar-refractivity contribution < 1.29 is 22.7 Å². The molecule has 0 heterocycles. The zero-order valence-corrected chi connectivity index (χ0v) is 16.2. The van der Waals surface area contributed by atoms with E-state index in [1.54, 1.807) is 6.92 Å². The van der Waals surface area contributed by atoms with Gasteiger partial charge in [0, 0.05) is 24.2 Å². The van der Waals surface area contributed by atoms with Crippen LogP contribution in [0.15, 0.2) is 53.4 Å². The number of rotatable bonds is 7. The van der Waals surface area contributed by atoms with E-state index >= 15 is 0 Å². The van der Waals surface area contributed by atoms with E-state index < -0.39 is 16.0 Å². The van der Waals surface area contributed by atoms with Crippen LogP contribution in [0.4, 0.5) is 5.69 Å². The fourth-order valence-corrected chi connectivity index (χ4v) is 3.50. The van der Waals surface area contributed by atoms with Gasteiger partial charge in [-0.2, -0.15) is 0 Å². The minimum atomic E-state index is -3.59. The quantitative estimate of drug-likeness (QED) is 0.559. The lowest BCUT2D eigenvalue weighted by Crippen LogP contribution is -2.31. The SMILES string of the molecule is CCC(C)NS(=O)(=O)c1ccc(NC(=O)c2ccc(OC(C)=O)cc2)cc1. The average Bonchev–Trinajstić information content (AvgIpc) is 2.61. The van der Waals surface area contributed by atoms with Crippen molar-refractivity contribution in [2.24, 2.45) is 0 Å². The molecule has 0 spiro atoms. The summed E-state index contributed by atoms with van der Waals surface area (Å²) in [5, 5.41) is 2.69. The number of carbonyl (C=O) groups is 2. The van der Waals surface area contributed by atoms with Crippen LogP contribution in [-0.4, -0.2) is 26.3 Å². The van der Waals surface area contributed by atoms with Gasteiger partial charge in [0.15, 0.2) is 0 Å². The van der Waals surface area contributed by atoms with Gasteiger partial charge in [-0.05, 0) is 61.9 Å². The highest BCUT2D eigenvalue weighted by Crippen LogP contribution is 2.17. The summed E-state index contributed by atoms with van der Waals surface area (Å²) in [6, 6.07) is 11.9. The molecule has 0 radical (unpaired) electrons. The van der Waals surface area contributed by atoms with Crippen LogP contribution in [0.1, 0.15) is 37.6 Å². The Kier molecular flexibility index (Phi) is 6.70. The number of hydrogen-bond donors (Lipinski definition) is 2. The van der Waals surface area contributed by atoms with E-state index in [-0.39, 0.29) is 16.8 Å². The zero-order chi connectivity index (χ0) is 20.0. The van der Waals surface area contributed by atoms with E-state index in [4.69, 9.17) is 4.74 Å². The molecule has 7 nitrogen and oxygen atoms in total. The molecule has 1 atom stereocenters. The van der Waals surface area contributed by atoms with E-state index in [1.165, 1.54) is 55.5 Å². The summed E-state index contributed by atoms with van der Waals surface area (Å²) in [4.78, 5) is 23.3. The van der Waals surface area contributed by atoms with Crippen molar-refractivity contribution >= 4 is 27.6 Å². The highest BCUT2D eigenvalue weighted by Gasteiger charge is 2.16. The van der Waals surface area contributed by atoms with Gasteiger partial charge in [0.2, 0.25) is 10.0 Å². The number of carbonyl (C=O) groups excluding carboxylic acids is 2. The van der Waals surface area contributed by atoms with E-state index in [9.17, 15) is 18.0 Å². The van der Waals surface area contributed by atoms with Gasteiger partial charge < -0.3 is 10.1 Å². The normalized spacial score (nSPS) is 12.3. The van der Waals surface area contributed by atoms with Gasteiger partial charge in [0.1, 0.15) is 5.75 Å². The maximum Gasteiger partial charge on any atom is 0.308 e. The largest absolute Gasteiger partial charge is 0.427 e. The second kappa shape index (κ2) is 8.79. The topological polar surface area (TPSA) is 102 Å². The molecule has 8 heteroatoms. The minimum absolute atomic E-state index is 0.131. The lowest BCUT2D eigenvalue weighted by Gasteiger charge is -2.12. The summed E-state index contributed by atoms with van der Waals surface area (Å²) in [5.74, 6) is -0.454. The van der Waals surface area contributed by atoms with Crippen molar-refractivity contribution in [3.05, 3.63) is 54.1 Å². The molecule has 2 rings (SSSR count). The fraction of sp³-hybridized carbons (Fsp3) is 0.263. The maximum absolute atomic E-state index is 12.3. The monoisotopic (exact) mass is 390 g/mol. The van der Waals surface area contributed by atoms with Gasteiger partial charge in [-0.3, -0.25) is 9.59 Å². The molecule has 0 aliphatic heterocycles. The Morgan fingerprint density at radius 3 is 2.15 bits per heavy atom. The van der Waals surface area contributed by atoms with E-state index in [2.05, 4.69) is 10.0 Å². The average molecular weight is 390 g/mol. The number of sulfonamides is 1. The van der Waals surface area contributed by atoms with Gasteiger partial charge in [0.25, 0.3) is 5.91 Å². The predicted molar refractivity (Wildman–Crippen MR) is 102 cm³/mol. The Labute approximate surface area is 158 Å². The summed E-state index contributed by atoms with van der Waals surface area (Å²) in [7, 11) is -3.59. The molecule has 2 N–H and O–H groups in total. The molecule has 0 aromatic heterocycles. The van der Waals surface area contributed by atoms with E-state index in [0.717, 1.165) is 0 Å². The van der Waals surface area contributed by atoms with E-state index in [0.29, 0.717) is 23.4 Å². The molecule has 0 bridgehead atoms. The first-order chi connectivity index (χ1) is 12.7. The van der Waals surface area contributed by atoms with Crippen LogP contribution in [0.5, 0.6) is 5.75 Å². The number of ether oxygens (including phenoxy) is 1. The van der Waals surface area contributed by atoms with Gasteiger partial charge in [-0.15, -0.1) is 0 Å². The van der Waals surface area contributed by atoms with Crippen molar-refractivity contribution in [3.63, 3.8) is 0 Å². The first kappa shape index (κ1) is 20.6. The summed E-state index contributed by atoms with van der Waals surface area (Å²) in [6.07, 6.45) is 0.684. The molecule has 144 valence electrons. The number of benzene rings is 2. The first-order valence-corrected chi connectivity index (χ1v) is 9.92. The molecule has 2 aromatic carbocycles. The first-order valence-electron chi connectivity index (χ1n) is 8.43.